The first kappa shape index (κ1) is 13.9. The maximum absolute atomic E-state index is 13.4. The first-order valence-corrected chi connectivity index (χ1v) is 5.64. The minimum absolute atomic E-state index is 0.115. The van der Waals surface area contributed by atoms with Crippen LogP contribution in [-0.2, 0) is 0 Å². The van der Waals surface area contributed by atoms with Crippen LogP contribution in [0, 0.1) is 31.0 Å². The van der Waals surface area contributed by atoms with E-state index in [2.05, 4.69) is 9.84 Å². The van der Waals surface area contributed by atoms with E-state index in [1.54, 1.807) is 13.8 Å². The normalized spacial score (nSPS) is 10.7. The van der Waals surface area contributed by atoms with Crippen molar-refractivity contribution >= 4 is 0 Å². The van der Waals surface area contributed by atoms with Gasteiger partial charge in [0, 0.05) is 11.3 Å². The fourth-order valence-electron chi connectivity index (χ4n) is 1.76. The Balaban J connectivity index is 2.53. The third-order valence-corrected chi connectivity index (χ3v) is 2.83. The quantitative estimate of drug-likeness (QED) is 0.868. The minimum Gasteiger partial charge on any atom is -0.415 e. The number of nitriles is 1. The Morgan fingerprint density at radius 1 is 1.30 bits per heavy atom. The molecule has 0 aliphatic carbocycles. The highest BCUT2D eigenvalue weighted by Gasteiger charge is 2.17. The summed E-state index contributed by atoms with van der Waals surface area (Å²) in [4.78, 5) is 0. The second-order valence-corrected chi connectivity index (χ2v) is 4.12. The fraction of sp³-hybridized carbons (Fsp3) is 0.231. The highest BCUT2D eigenvalue weighted by molar-refractivity contribution is 5.44. The van der Waals surface area contributed by atoms with Gasteiger partial charge in [0.2, 0.25) is 5.88 Å². The van der Waals surface area contributed by atoms with Crippen LogP contribution in [0.5, 0.6) is 5.88 Å². The van der Waals surface area contributed by atoms with Gasteiger partial charge >= 0.3 is 6.61 Å². The molecule has 1 heterocycles. The third kappa shape index (κ3) is 2.59. The van der Waals surface area contributed by atoms with Crippen molar-refractivity contribution in [3.8, 4) is 17.6 Å². The number of alkyl halides is 2. The molecular weight excluding hydrogens is 271 g/mol. The molecule has 4 nitrogen and oxygen atoms in total. The fourth-order valence-corrected chi connectivity index (χ4v) is 1.76. The molecule has 104 valence electrons. The average Bonchev–Trinajstić information content (AvgIpc) is 2.66. The topological polar surface area (TPSA) is 50.8 Å². The summed E-state index contributed by atoms with van der Waals surface area (Å²) in [5.41, 5.74) is 1.33. The Hall–Kier alpha value is -2.49. The van der Waals surface area contributed by atoms with Crippen molar-refractivity contribution < 1.29 is 17.9 Å². The van der Waals surface area contributed by atoms with E-state index in [0.717, 1.165) is 12.1 Å². The van der Waals surface area contributed by atoms with Crippen molar-refractivity contribution in [3.05, 3.63) is 40.8 Å². The van der Waals surface area contributed by atoms with Gasteiger partial charge in [0.25, 0.3) is 0 Å². The van der Waals surface area contributed by atoms with Crippen LogP contribution >= 0.6 is 0 Å². The zero-order chi connectivity index (χ0) is 14.9. The van der Waals surface area contributed by atoms with Crippen LogP contribution in [0.2, 0.25) is 0 Å². The van der Waals surface area contributed by atoms with E-state index in [4.69, 9.17) is 5.26 Å². The molecule has 0 aliphatic heterocycles. The molecule has 1 aromatic heterocycles. The number of benzene rings is 1. The van der Waals surface area contributed by atoms with Crippen molar-refractivity contribution in [2.45, 2.75) is 20.5 Å². The monoisotopic (exact) mass is 281 g/mol. The summed E-state index contributed by atoms with van der Waals surface area (Å²) in [6, 6.07) is 5.46. The number of hydrogen-bond donors (Lipinski definition) is 0. The molecule has 0 N–H and O–H groups in total. The van der Waals surface area contributed by atoms with Crippen molar-refractivity contribution in [1.82, 2.24) is 9.78 Å². The van der Waals surface area contributed by atoms with E-state index in [1.807, 2.05) is 6.07 Å². The Morgan fingerprint density at radius 2 is 2.00 bits per heavy atom. The van der Waals surface area contributed by atoms with E-state index in [1.165, 1.54) is 10.7 Å². The van der Waals surface area contributed by atoms with Crippen LogP contribution in [0.25, 0.3) is 5.69 Å². The first-order valence-electron chi connectivity index (χ1n) is 5.64. The third-order valence-electron chi connectivity index (χ3n) is 2.83. The van der Waals surface area contributed by atoms with E-state index in [9.17, 15) is 13.2 Å². The molecular formula is C13H10F3N3O. The Labute approximate surface area is 113 Å². The van der Waals surface area contributed by atoms with Gasteiger partial charge in [-0.2, -0.15) is 14.0 Å². The second-order valence-electron chi connectivity index (χ2n) is 4.12. The van der Waals surface area contributed by atoms with Gasteiger partial charge in [-0.15, -0.1) is 5.10 Å². The summed E-state index contributed by atoms with van der Waals surface area (Å²) in [7, 11) is 0. The van der Waals surface area contributed by atoms with Gasteiger partial charge in [0.15, 0.2) is 0 Å². The Morgan fingerprint density at radius 3 is 2.60 bits per heavy atom. The summed E-state index contributed by atoms with van der Waals surface area (Å²) in [5, 5.41) is 12.7. The summed E-state index contributed by atoms with van der Waals surface area (Å²) in [5.74, 6) is -0.830. The molecule has 20 heavy (non-hydrogen) atoms. The molecule has 0 bridgehead atoms. The van der Waals surface area contributed by atoms with Crippen molar-refractivity contribution in [2.24, 2.45) is 0 Å². The molecule has 0 fully saturated rings. The number of nitrogens with zero attached hydrogens (tertiary/aromatic N) is 3. The second kappa shape index (κ2) is 5.25. The van der Waals surface area contributed by atoms with E-state index in [-0.39, 0.29) is 17.1 Å². The first-order chi connectivity index (χ1) is 9.42. The molecule has 0 unspecified atom stereocenters. The average molecular weight is 281 g/mol. The molecule has 0 aliphatic rings. The molecule has 0 radical (unpaired) electrons. The van der Waals surface area contributed by atoms with Crippen LogP contribution < -0.4 is 4.74 Å². The maximum atomic E-state index is 13.4. The lowest BCUT2D eigenvalue weighted by Gasteiger charge is -2.05. The summed E-state index contributed by atoms with van der Waals surface area (Å²) in [6.07, 6.45) is 0. The molecule has 0 spiro atoms. The summed E-state index contributed by atoms with van der Waals surface area (Å²) in [6.45, 7) is 0.220. The van der Waals surface area contributed by atoms with E-state index >= 15 is 0 Å². The number of halogens is 3. The van der Waals surface area contributed by atoms with Crippen LogP contribution in [-0.4, -0.2) is 16.4 Å². The zero-order valence-electron chi connectivity index (χ0n) is 10.7. The maximum Gasteiger partial charge on any atom is 0.388 e. The van der Waals surface area contributed by atoms with Crippen molar-refractivity contribution in [2.75, 3.05) is 0 Å². The standard InChI is InChI=1S/C13H10F3N3O/c1-7-8(2)19(18-12(7)20-13(15)16)11-4-9(6-17)3-10(14)5-11/h3-5,13H,1-2H3. The smallest absolute Gasteiger partial charge is 0.388 e. The molecule has 2 rings (SSSR count). The molecule has 0 saturated carbocycles. The number of rotatable bonds is 3. The van der Waals surface area contributed by atoms with Gasteiger partial charge in [-0.05, 0) is 32.0 Å². The predicted octanol–water partition coefficient (Wildman–Crippen LogP) is 3.10. The zero-order valence-corrected chi connectivity index (χ0v) is 10.7. The van der Waals surface area contributed by atoms with Crippen molar-refractivity contribution in [1.29, 1.82) is 5.26 Å². The Bertz CT molecular complexity index is 689. The molecule has 0 saturated heterocycles. The van der Waals surface area contributed by atoms with E-state index in [0.29, 0.717) is 11.3 Å². The minimum atomic E-state index is -2.99. The Kier molecular flexibility index (Phi) is 3.66. The number of hydrogen-bond acceptors (Lipinski definition) is 3. The lowest BCUT2D eigenvalue weighted by atomic mass is 10.2. The van der Waals surface area contributed by atoms with Crippen LogP contribution in [0.4, 0.5) is 13.2 Å². The summed E-state index contributed by atoms with van der Waals surface area (Å²) >= 11 is 0. The van der Waals surface area contributed by atoms with Gasteiger partial charge in [-0.1, -0.05) is 0 Å². The van der Waals surface area contributed by atoms with Crippen LogP contribution in [0.3, 0.4) is 0 Å². The van der Waals surface area contributed by atoms with Gasteiger partial charge in [0.05, 0.1) is 17.3 Å². The summed E-state index contributed by atoms with van der Waals surface area (Å²) < 4.78 is 43.5. The highest BCUT2D eigenvalue weighted by atomic mass is 19.3. The highest BCUT2D eigenvalue weighted by Crippen LogP contribution is 2.25. The van der Waals surface area contributed by atoms with Gasteiger partial charge < -0.3 is 4.74 Å². The molecule has 0 atom stereocenters. The van der Waals surface area contributed by atoms with Crippen LogP contribution in [0.15, 0.2) is 18.2 Å². The number of aromatic nitrogens is 2. The number of ether oxygens (including phenoxy) is 1. The largest absolute Gasteiger partial charge is 0.415 e. The van der Waals surface area contributed by atoms with Gasteiger partial charge in [-0.25, -0.2) is 9.07 Å². The lowest BCUT2D eigenvalue weighted by Crippen LogP contribution is -2.04. The van der Waals surface area contributed by atoms with Gasteiger partial charge in [0.1, 0.15) is 5.82 Å². The van der Waals surface area contributed by atoms with Crippen molar-refractivity contribution in [3.63, 3.8) is 0 Å². The molecule has 2 aromatic rings. The van der Waals surface area contributed by atoms with Gasteiger partial charge in [-0.3, -0.25) is 0 Å². The molecule has 7 heteroatoms. The SMILES string of the molecule is Cc1c(OC(F)F)nn(-c2cc(F)cc(C#N)c2)c1C. The predicted molar refractivity (Wildman–Crippen MR) is 64.3 cm³/mol. The molecule has 0 amide bonds. The lowest BCUT2D eigenvalue weighted by molar-refractivity contribution is -0.0534. The van der Waals surface area contributed by atoms with Crippen LogP contribution in [0.1, 0.15) is 16.8 Å². The molecule has 1 aromatic carbocycles. The van der Waals surface area contributed by atoms with E-state index < -0.39 is 12.4 Å².